The van der Waals surface area contributed by atoms with Crippen LogP contribution in [-0.2, 0) is 0 Å². The monoisotopic (exact) mass is 229 g/mol. The molecule has 5 nitrogen and oxygen atoms in total. The highest BCUT2D eigenvalue weighted by molar-refractivity contribution is 6.32. The molecule has 1 aromatic heterocycles. The zero-order chi connectivity index (χ0) is 10.8. The van der Waals surface area contributed by atoms with Gasteiger partial charge in [0.25, 0.3) is 5.56 Å². The molecule has 1 fully saturated rings. The molecular formula is C9H12ClN3O2. The Morgan fingerprint density at radius 3 is 3.07 bits per heavy atom. The van der Waals surface area contributed by atoms with Crippen LogP contribution in [0.15, 0.2) is 11.1 Å². The molecule has 1 aromatic rings. The number of rotatable bonds is 3. The van der Waals surface area contributed by atoms with Crippen LogP contribution in [0.1, 0.15) is 12.8 Å². The quantitative estimate of drug-likeness (QED) is 0.710. The second-order valence-electron chi connectivity index (χ2n) is 3.77. The highest BCUT2D eigenvalue weighted by Crippen LogP contribution is 2.27. The van der Waals surface area contributed by atoms with Crippen molar-refractivity contribution in [3.05, 3.63) is 21.7 Å². The number of H-pyrrole nitrogens is 1. The number of nitrogens with one attached hydrogen (secondary N) is 2. The van der Waals surface area contributed by atoms with E-state index in [1.54, 1.807) is 0 Å². The second kappa shape index (κ2) is 4.20. The summed E-state index contributed by atoms with van der Waals surface area (Å²) >= 11 is 5.75. The van der Waals surface area contributed by atoms with E-state index in [2.05, 4.69) is 15.3 Å². The number of aliphatic hydroxyl groups excluding tert-OH is 1. The molecule has 0 spiro atoms. The van der Waals surface area contributed by atoms with Gasteiger partial charge in [-0.3, -0.25) is 4.79 Å². The predicted octanol–water partition coefficient (Wildman–Crippen LogP) is 0.606. The molecule has 2 rings (SSSR count). The van der Waals surface area contributed by atoms with Crippen LogP contribution in [0.4, 0.5) is 5.82 Å². The fourth-order valence-electron chi connectivity index (χ4n) is 1.61. The summed E-state index contributed by atoms with van der Waals surface area (Å²) in [5.41, 5.74) is -0.345. The summed E-state index contributed by atoms with van der Waals surface area (Å²) in [4.78, 5) is 17.4. The van der Waals surface area contributed by atoms with Crippen molar-refractivity contribution in [3.63, 3.8) is 0 Å². The third-order valence-corrected chi connectivity index (χ3v) is 2.92. The molecule has 0 atom stereocenters. The Kier molecular flexibility index (Phi) is 2.93. The van der Waals surface area contributed by atoms with Gasteiger partial charge in [0.15, 0.2) is 5.82 Å². The molecule has 0 aliphatic heterocycles. The first-order chi connectivity index (χ1) is 7.16. The Labute approximate surface area is 91.5 Å². The summed E-state index contributed by atoms with van der Waals surface area (Å²) in [5, 5.41) is 12.2. The average Bonchev–Trinajstić information content (AvgIpc) is 2.17. The van der Waals surface area contributed by atoms with Gasteiger partial charge in [0, 0.05) is 6.54 Å². The minimum Gasteiger partial charge on any atom is -0.393 e. The van der Waals surface area contributed by atoms with Gasteiger partial charge in [-0.25, -0.2) is 4.98 Å². The number of nitrogens with zero attached hydrogens (tertiary/aromatic N) is 1. The average molecular weight is 230 g/mol. The lowest BCUT2D eigenvalue weighted by Crippen LogP contribution is -2.33. The molecule has 6 heteroatoms. The van der Waals surface area contributed by atoms with Crippen LogP contribution in [0.5, 0.6) is 0 Å². The van der Waals surface area contributed by atoms with Crippen molar-refractivity contribution in [2.45, 2.75) is 18.9 Å². The summed E-state index contributed by atoms with van der Waals surface area (Å²) in [6.07, 6.45) is 2.74. The Balaban J connectivity index is 1.93. The minimum absolute atomic E-state index is 0.0809. The highest BCUT2D eigenvalue weighted by Gasteiger charge is 2.26. The maximum Gasteiger partial charge on any atom is 0.271 e. The molecular weight excluding hydrogens is 218 g/mol. The number of hydrogen-bond donors (Lipinski definition) is 3. The predicted molar refractivity (Wildman–Crippen MR) is 57.1 cm³/mol. The molecule has 3 N–H and O–H groups in total. The van der Waals surface area contributed by atoms with E-state index >= 15 is 0 Å². The molecule has 0 bridgehead atoms. The van der Waals surface area contributed by atoms with Gasteiger partial charge in [-0.1, -0.05) is 11.6 Å². The van der Waals surface area contributed by atoms with Crippen LogP contribution in [0.25, 0.3) is 0 Å². The fraction of sp³-hybridized carbons (Fsp3) is 0.556. The first-order valence-electron chi connectivity index (χ1n) is 4.82. The van der Waals surface area contributed by atoms with Crippen LogP contribution >= 0.6 is 11.6 Å². The zero-order valence-electron chi connectivity index (χ0n) is 8.03. The van der Waals surface area contributed by atoms with Crippen molar-refractivity contribution in [2.75, 3.05) is 11.9 Å². The lowest BCUT2D eigenvalue weighted by molar-refractivity contribution is 0.0486. The zero-order valence-corrected chi connectivity index (χ0v) is 8.79. The van der Waals surface area contributed by atoms with Gasteiger partial charge in [-0.2, -0.15) is 0 Å². The first kappa shape index (κ1) is 10.4. The van der Waals surface area contributed by atoms with E-state index in [1.165, 1.54) is 6.33 Å². The van der Waals surface area contributed by atoms with Crippen molar-refractivity contribution < 1.29 is 5.11 Å². The van der Waals surface area contributed by atoms with Crippen molar-refractivity contribution >= 4 is 17.4 Å². The molecule has 1 heterocycles. The standard InChI is InChI=1S/C9H12ClN3O2/c10-7-8(12-4-13-9(7)15)11-3-5-1-6(14)2-5/h4-6,14H,1-3H2,(H2,11,12,13,15). The first-order valence-corrected chi connectivity index (χ1v) is 5.19. The van der Waals surface area contributed by atoms with Gasteiger partial charge in [0.1, 0.15) is 5.02 Å². The van der Waals surface area contributed by atoms with Gasteiger partial charge in [0.05, 0.1) is 12.4 Å². The van der Waals surface area contributed by atoms with E-state index in [0.717, 1.165) is 12.8 Å². The Bertz CT molecular complexity index is 401. The summed E-state index contributed by atoms with van der Waals surface area (Å²) < 4.78 is 0. The van der Waals surface area contributed by atoms with Gasteiger partial charge in [-0.15, -0.1) is 0 Å². The number of halogens is 1. The van der Waals surface area contributed by atoms with Gasteiger partial charge in [0.2, 0.25) is 0 Å². The lowest BCUT2D eigenvalue weighted by atomic mass is 9.82. The Hall–Kier alpha value is -1.07. The maximum absolute atomic E-state index is 11.1. The van der Waals surface area contributed by atoms with Crippen molar-refractivity contribution in [3.8, 4) is 0 Å². The molecule has 0 unspecified atom stereocenters. The van der Waals surface area contributed by atoms with E-state index in [-0.39, 0.29) is 16.7 Å². The van der Waals surface area contributed by atoms with Gasteiger partial charge in [-0.05, 0) is 18.8 Å². The van der Waals surface area contributed by atoms with Crippen LogP contribution < -0.4 is 10.9 Å². The van der Waals surface area contributed by atoms with Crippen molar-refractivity contribution in [1.82, 2.24) is 9.97 Å². The van der Waals surface area contributed by atoms with Crippen molar-refractivity contribution in [1.29, 1.82) is 0 Å². The molecule has 0 radical (unpaired) electrons. The molecule has 1 aliphatic rings. The number of anilines is 1. The van der Waals surface area contributed by atoms with Crippen molar-refractivity contribution in [2.24, 2.45) is 5.92 Å². The van der Waals surface area contributed by atoms with E-state index < -0.39 is 0 Å². The number of hydrogen-bond acceptors (Lipinski definition) is 4. The van der Waals surface area contributed by atoms with Crippen LogP contribution in [0.2, 0.25) is 5.02 Å². The summed E-state index contributed by atoms with van der Waals surface area (Å²) in [6.45, 7) is 0.688. The highest BCUT2D eigenvalue weighted by atomic mass is 35.5. The molecule has 15 heavy (non-hydrogen) atoms. The molecule has 0 aromatic carbocycles. The minimum atomic E-state index is -0.345. The Morgan fingerprint density at radius 1 is 1.67 bits per heavy atom. The molecule has 0 saturated heterocycles. The molecule has 1 saturated carbocycles. The Morgan fingerprint density at radius 2 is 2.40 bits per heavy atom. The van der Waals surface area contributed by atoms with E-state index in [4.69, 9.17) is 16.7 Å². The summed E-state index contributed by atoms with van der Waals surface area (Å²) in [5.74, 6) is 0.846. The maximum atomic E-state index is 11.1. The summed E-state index contributed by atoms with van der Waals surface area (Å²) in [6, 6.07) is 0. The third-order valence-electron chi connectivity index (χ3n) is 2.57. The SMILES string of the molecule is O=c1[nH]cnc(NCC2CC(O)C2)c1Cl. The topological polar surface area (TPSA) is 78.0 Å². The number of aromatic nitrogens is 2. The van der Waals surface area contributed by atoms with Crippen LogP contribution in [0.3, 0.4) is 0 Å². The van der Waals surface area contributed by atoms with Crippen LogP contribution in [0, 0.1) is 5.92 Å². The molecule has 0 amide bonds. The van der Waals surface area contributed by atoms with Crippen LogP contribution in [-0.4, -0.2) is 27.7 Å². The normalized spacial score (nSPS) is 24.7. The fourth-order valence-corrected chi connectivity index (χ4v) is 1.78. The van der Waals surface area contributed by atoms with E-state index in [1.807, 2.05) is 0 Å². The smallest absolute Gasteiger partial charge is 0.271 e. The van der Waals surface area contributed by atoms with Gasteiger partial charge < -0.3 is 15.4 Å². The molecule has 1 aliphatic carbocycles. The van der Waals surface area contributed by atoms with E-state index in [9.17, 15) is 4.79 Å². The summed E-state index contributed by atoms with van der Waals surface area (Å²) in [7, 11) is 0. The second-order valence-corrected chi connectivity index (χ2v) is 4.14. The lowest BCUT2D eigenvalue weighted by Gasteiger charge is -2.31. The number of aliphatic hydroxyl groups is 1. The third kappa shape index (κ3) is 2.30. The number of aromatic amines is 1. The van der Waals surface area contributed by atoms with Gasteiger partial charge >= 0.3 is 0 Å². The van der Waals surface area contributed by atoms with E-state index in [0.29, 0.717) is 18.3 Å². The molecule has 82 valence electrons. The largest absolute Gasteiger partial charge is 0.393 e.